The summed E-state index contributed by atoms with van der Waals surface area (Å²) in [6.45, 7) is 6.44. The molecular formula is C14H16Br2O2. The van der Waals surface area contributed by atoms with Crippen LogP contribution in [0.4, 0.5) is 0 Å². The summed E-state index contributed by atoms with van der Waals surface area (Å²) in [6.07, 6.45) is 0. The van der Waals surface area contributed by atoms with Crippen molar-refractivity contribution in [1.82, 2.24) is 0 Å². The summed E-state index contributed by atoms with van der Waals surface area (Å²) in [6, 6.07) is 8.10. The topological polar surface area (TPSA) is 26.3 Å². The second kappa shape index (κ2) is 7.10. The van der Waals surface area contributed by atoms with E-state index >= 15 is 0 Å². The highest BCUT2D eigenvalue weighted by Crippen LogP contribution is 2.30. The Labute approximate surface area is 125 Å². The smallest absolute Gasteiger partial charge is 0.346 e. The summed E-state index contributed by atoms with van der Waals surface area (Å²) >= 11 is 6.67. The van der Waals surface area contributed by atoms with Crippen molar-refractivity contribution in [3.63, 3.8) is 0 Å². The van der Waals surface area contributed by atoms with Gasteiger partial charge in [0.25, 0.3) is 0 Å². The molecule has 1 rings (SSSR count). The molecule has 0 spiro atoms. The minimum atomic E-state index is -0.364. The van der Waals surface area contributed by atoms with Crippen molar-refractivity contribution in [1.29, 1.82) is 0 Å². The Morgan fingerprint density at radius 3 is 2.22 bits per heavy atom. The lowest BCUT2D eigenvalue weighted by Crippen LogP contribution is -2.04. The van der Waals surface area contributed by atoms with Crippen LogP contribution in [-0.2, 0) is 9.53 Å². The molecule has 4 heteroatoms. The molecule has 18 heavy (non-hydrogen) atoms. The van der Waals surface area contributed by atoms with E-state index in [-0.39, 0.29) is 5.97 Å². The number of ether oxygens (including phenoxy) is 1. The predicted octanol–water partition coefficient (Wildman–Crippen LogP) is 4.83. The molecule has 0 saturated carbocycles. The molecule has 0 aromatic heterocycles. The predicted molar refractivity (Wildman–Crippen MR) is 81.9 cm³/mol. The van der Waals surface area contributed by atoms with Gasteiger partial charge in [0.15, 0.2) is 0 Å². The molecule has 1 aromatic rings. The Kier molecular flexibility index (Phi) is 6.09. The average molecular weight is 376 g/mol. The number of benzene rings is 1. The molecule has 1 aromatic carbocycles. The molecule has 0 N–H and O–H groups in total. The first kappa shape index (κ1) is 15.4. The van der Waals surface area contributed by atoms with Crippen molar-refractivity contribution in [3.8, 4) is 0 Å². The molecule has 0 unspecified atom stereocenters. The van der Waals surface area contributed by atoms with Crippen LogP contribution in [0.2, 0.25) is 0 Å². The highest BCUT2D eigenvalue weighted by Gasteiger charge is 2.13. The lowest BCUT2D eigenvalue weighted by atomic mass is 10.0. The van der Waals surface area contributed by atoms with Crippen molar-refractivity contribution in [2.24, 2.45) is 0 Å². The summed E-state index contributed by atoms with van der Waals surface area (Å²) in [4.78, 5) is 11.6. The number of hydrogen-bond acceptors (Lipinski definition) is 2. The summed E-state index contributed by atoms with van der Waals surface area (Å²) in [5, 5.41) is 0. The largest absolute Gasteiger partial charge is 0.462 e. The third kappa shape index (κ3) is 3.95. The van der Waals surface area contributed by atoms with Crippen LogP contribution in [0.5, 0.6) is 0 Å². The van der Waals surface area contributed by atoms with Crippen molar-refractivity contribution >= 4 is 42.3 Å². The Hall–Kier alpha value is -0.610. The molecule has 0 atom stereocenters. The number of rotatable bonds is 4. The first-order valence-corrected chi connectivity index (χ1v) is 7.38. The van der Waals surface area contributed by atoms with Gasteiger partial charge < -0.3 is 4.74 Å². The Balaban J connectivity index is 2.99. The fourth-order valence-electron chi connectivity index (χ4n) is 1.43. The molecule has 0 aliphatic rings. The van der Waals surface area contributed by atoms with Gasteiger partial charge in [-0.1, -0.05) is 38.1 Å². The molecule has 0 amide bonds. The second-order valence-electron chi connectivity index (χ2n) is 4.13. The third-order valence-corrected chi connectivity index (χ3v) is 4.58. The Bertz CT molecular complexity index is 447. The molecule has 98 valence electrons. The van der Waals surface area contributed by atoms with Crippen LogP contribution in [0, 0.1) is 0 Å². The minimum absolute atomic E-state index is 0.362. The zero-order valence-electron chi connectivity index (χ0n) is 10.7. The fourth-order valence-corrected chi connectivity index (χ4v) is 2.19. The molecular weight excluding hydrogens is 360 g/mol. The zero-order valence-corrected chi connectivity index (χ0v) is 13.8. The first-order chi connectivity index (χ1) is 8.47. The summed E-state index contributed by atoms with van der Waals surface area (Å²) in [7, 11) is 0. The van der Waals surface area contributed by atoms with Gasteiger partial charge in [0.1, 0.15) is 4.48 Å². The van der Waals surface area contributed by atoms with Crippen LogP contribution in [0.3, 0.4) is 0 Å². The standard InChI is InChI=1S/C14H16Br2O2/c1-4-18-14(17)13(16)12(15)11-7-5-10(6-8-11)9(2)3/h5-9H,4H2,1-3H3. The van der Waals surface area contributed by atoms with E-state index in [1.807, 2.05) is 12.1 Å². The van der Waals surface area contributed by atoms with E-state index < -0.39 is 0 Å². The summed E-state index contributed by atoms with van der Waals surface area (Å²) in [5.41, 5.74) is 2.21. The van der Waals surface area contributed by atoms with Crippen LogP contribution < -0.4 is 0 Å². The van der Waals surface area contributed by atoms with Crippen LogP contribution in [0.25, 0.3) is 4.48 Å². The summed E-state index contributed by atoms with van der Waals surface area (Å²) in [5.74, 6) is 0.132. The van der Waals surface area contributed by atoms with Gasteiger partial charge in [-0.3, -0.25) is 0 Å². The highest BCUT2D eigenvalue weighted by molar-refractivity contribution is 9.16. The fraction of sp³-hybridized carbons (Fsp3) is 0.357. The van der Waals surface area contributed by atoms with Crippen molar-refractivity contribution in [3.05, 3.63) is 39.9 Å². The highest BCUT2D eigenvalue weighted by atomic mass is 79.9. The van der Waals surface area contributed by atoms with Gasteiger partial charge in [-0.05, 0) is 55.8 Å². The van der Waals surface area contributed by atoms with Crippen LogP contribution in [0.15, 0.2) is 28.7 Å². The second-order valence-corrected chi connectivity index (χ2v) is 5.71. The lowest BCUT2D eigenvalue weighted by Gasteiger charge is -2.08. The monoisotopic (exact) mass is 374 g/mol. The van der Waals surface area contributed by atoms with E-state index in [1.165, 1.54) is 5.56 Å². The lowest BCUT2D eigenvalue weighted by molar-refractivity contribution is -0.137. The molecule has 0 fully saturated rings. The van der Waals surface area contributed by atoms with E-state index in [0.717, 1.165) is 5.56 Å². The van der Waals surface area contributed by atoms with E-state index in [4.69, 9.17) is 4.74 Å². The van der Waals surface area contributed by atoms with E-state index in [0.29, 0.717) is 21.5 Å². The molecule has 0 aliphatic carbocycles. The zero-order chi connectivity index (χ0) is 13.7. The van der Waals surface area contributed by atoms with E-state index in [2.05, 4.69) is 57.8 Å². The first-order valence-electron chi connectivity index (χ1n) is 5.80. The van der Waals surface area contributed by atoms with Crippen LogP contribution in [-0.4, -0.2) is 12.6 Å². The van der Waals surface area contributed by atoms with Gasteiger partial charge in [0, 0.05) is 4.48 Å². The van der Waals surface area contributed by atoms with Crippen LogP contribution in [0.1, 0.15) is 37.8 Å². The third-order valence-electron chi connectivity index (χ3n) is 2.48. The van der Waals surface area contributed by atoms with Gasteiger partial charge in [-0.2, -0.15) is 0 Å². The number of carbonyl (C=O) groups excluding carboxylic acids is 1. The Morgan fingerprint density at radius 2 is 1.78 bits per heavy atom. The summed E-state index contributed by atoms with van der Waals surface area (Å²) < 4.78 is 6.04. The quantitative estimate of drug-likeness (QED) is 0.556. The normalized spacial score (nSPS) is 12.3. The molecule has 0 bridgehead atoms. The van der Waals surface area contributed by atoms with Crippen molar-refractivity contribution in [2.75, 3.05) is 6.61 Å². The average Bonchev–Trinajstić information content (AvgIpc) is 2.37. The maximum Gasteiger partial charge on any atom is 0.346 e. The van der Waals surface area contributed by atoms with Gasteiger partial charge in [0.05, 0.1) is 6.61 Å². The maximum absolute atomic E-state index is 11.6. The Morgan fingerprint density at radius 1 is 1.22 bits per heavy atom. The molecule has 0 heterocycles. The van der Waals surface area contributed by atoms with E-state index in [1.54, 1.807) is 6.92 Å². The number of carbonyl (C=O) groups is 1. The molecule has 0 saturated heterocycles. The molecule has 0 aliphatic heterocycles. The van der Waals surface area contributed by atoms with Crippen LogP contribution >= 0.6 is 31.9 Å². The number of halogens is 2. The van der Waals surface area contributed by atoms with Crippen molar-refractivity contribution in [2.45, 2.75) is 26.7 Å². The van der Waals surface area contributed by atoms with Gasteiger partial charge in [0.2, 0.25) is 0 Å². The number of esters is 1. The van der Waals surface area contributed by atoms with Crippen molar-refractivity contribution < 1.29 is 9.53 Å². The maximum atomic E-state index is 11.6. The van der Waals surface area contributed by atoms with Gasteiger partial charge in [-0.15, -0.1) is 0 Å². The van der Waals surface area contributed by atoms with E-state index in [9.17, 15) is 4.79 Å². The SMILES string of the molecule is CCOC(=O)C(Br)=C(Br)c1ccc(C(C)C)cc1. The van der Waals surface area contributed by atoms with Gasteiger partial charge in [-0.25, -0.2) is 4.79 Å². The minimum Gasteiger partial charge on any atom is -0.462 e. The number of hydrogen-bond donors (Lipinski definition) is 0. The molecule has 0 radical (unpaired) electrons. The van der Waals surface area contributed by atoms with Gasteiger partial charge >= 0.3 is 5.97 Å². The molecule has 2 nitrogen and oxygen atoms in total.